The van der Waals surface area contributed by atoms with Crippen LogP contribution < -0.4 is 0 Å². The second-order valence-corrected chi connectivity index (χ2v) is 27.2. The molecule has 7 aromatic rings. The topological polar surface area (TPSA) is 56.7 Å². The van der Waals surface area contributed by atoms with Crippen molar-refractivity contribution in [2.75, 3.05) is 0 Å². The van der Waals surface area contributed by atoms with Crippen LogP contribution in [0.4, 0.5) is 22.0 Å². The van der Waals surface area contributed by atoms with Gasteiger partial charge in [0.25, 0.3) is 0 Å². The van der Waals surface area contributed by atoms with Crippen molar-refractivity contribution in [2.45, 2.75) is 277 Å². The summed E-state index contributed by atoms with van der Waals surface area (Å²) in [6.07, 6.45) is 4.03. The van der Waals surface area contributed by atoms with E-state index in [1.807, 2.05) is 90.7 Å². The van der Waals surface area contributed by atoms with Gasteiger partial charge >= 0.3 is 0 Å². The zero-order valence-corrected chi connectivity index (χ0v) is 59.0. The molecule has 7 rings (SSSR count). The van der Waals surface area contributed by atoms with Gasteiger partial charge in [0.05, 0.1) is 11.4 Å². The number of rotatable bonds is 14. The zero-order valence-electron chi connectivity index (χ0n) is 59.0. The molecule has 0 N–H and O–H groups in total. The zero-order chi connectivity index (χ0) is 66.9. The molecule has 0 saturated heterocycles. The molecule has 87 heavy (non-hydrogen) atoms. The molecular formula is C77H115F5N4O. The van der Waals surface area contributed by atoms with E-state index >= 15 is 0 Å². The van der Waals surface area contributed by atoms with Gasteiger partial charge in [-0.05, 0) is 160 Å². The molecule has 4 aromatic carbocycles. The summed E-state index contributed by atoms with van der Waals surface area (Å²) in [6.45, 7) is 57.6. The summed E-state index contributed by atoms with van der Waals surface area (Å²) >= 11 is 0. The molecule has 0 bridgehead atoms. The smallest absolute Gasteiger partial charge is 0.162 e. The van der Waals surface area contributed by atoms with Gasteiger partial charge in [-0.25, -0.2) is 22.0 Å². The number of aromatic nitrogens is 4. The second-order valence-electron chi connectivity index (χ2n) is 27.2. The van der Waals surface area contributed by atoms with Crippen LogP contribution in [-0.4, -0.2) is 19.9 Å². The Hall–Kier alpha value is -5.90. The number of hydrogen-bond acceptors (Lipinski definition) is 4. The Morgan fingerprint density at radius 2 is 0.701 bits per heavy atom. The summed E-state index contributed by atoms with van der Waals surface area (Å²) in [5.41, 5.74) is 11.3. The fraction of sp³-hybridized carbons (Fsp3) is 0.545. The predicted octanol–water partition coefficient (Wildman–Crippen LogP) is 25.3. The van der Waals surface area contributed by atoms with Crippen LogP contribution in [0, 0.1) is 29.1 Å². The van der Waals surface area contributed by atoms with Crippen molar-refractivity contribution in [1.29, 1.82) is 0 Å². The summed E-state index contributed by atoms with van der Waals surface area (Å²) < 4.78 is 74.6. The molecule has 0 unspecified atom stereocenters. The summed E-state index contributed by atoms with van der Waals surface area (Å²) in [4.78, 5) is 4.40. The van der Waals surface area contributed by atoms with E-state index in [-0.39, 0.29) is 41.0 Å². The molecule has 0 saturated carbocycles. The van der Waals surface area contributed by atoms with Crippen molar-refractivity contribution < 1.29 is 26.5 Å². The van der Waals surface area contributed by atoms with Crippen LogP contribution in [0.5, 0.6) is 0 Å². The highest BCUT2D eigenvalue weighted by atomic mass is 19.2. The van der Waals surface area contributed by atoms with Crippen molar-refractivity contribution in [1.82, 2.24) is 19.9 Å². The maximum absolute atomic E-state index is 13.5. The van der Waals surface area contributed by atoms with Crippen LogP contribution >= 0.6 is 0 Å². The van der Waals surface area contributed by atoms with E-state index in [1.165, 1.54) is 40.2 Å². The Bertz CT molecular complexity index is 2750. The molecule has 0 aliphatic rings. The quantitative estimate of drug-likeness (QED) is 0.102. The number of halogens is 5. The normalized spacial score (nSPS) is 11.3. The third-order valence-corrected chi connectivity index (χ3v) is 14.8. The lowest BCUT2D eigenvalue weighted by Gasteiger charge is -2.12. The Balaban J connectivity index is 0.000000508. The van der Waals surface area contributed by atoms with Gasteiger partial charge < -0.3 is 4.52 Å². The molecule has 3 heterocycles. The number of nitrogens with zero attached hydrogens (tertiary/aromatic N) is 4. The van der Waals surface area contributed by atoms with Crippen molar-refractivity contribution in [2.24, 2.45) is 0 Å². The minimum atomic E-state index is -0.689. The van der Waals surface area contributed by atoms with Gasteiger partial charge in [0.1, 0.15) is 23.2 Å². The highest BCUT2D eigenvalue weighted by Gasteiger charge is 2.18. The average molecular weight is 1210 g/mol. The van der Waals surface area contributed by atoms with Crippen LogP contribution in [-0.2, 0) is 0 Å². The minimum absolute atomic E-state index is 0.0192. The predicted molar refractivity (Wildman–Crippen MR) is 362 cm³/mol. The van der Waals surface area contributed by atoms with E-state index in [9.17, 15) is 22.0 Å². The highest BCUT2D eigenvalue weighted by Crippen LogP contribution is 2.29. The fourth-order valence-corrected chi connectivity index (χ4v) is 8.49. The van der Waals surface area contributed by atoms with E-state index in [1.54, 1.807) is 32.0 Å². The maximum atomic E-state index is 13.5. The molecule has 0 aliphatic heterocycles. The van der Waals surface area contributed by atoms with Crippen molar-refractivity contribution in [3.8, 4) is 0 Å². The Morgan fingerprint density at radius 1 is 0.322 bits per heavy atom. The lowest BCUT2D eigenvalue weighted by Crippen LogP contribution is -2.02. The molecule has 484 valence electrons. The standard InChI is InChI=1S/2C12H16F2.C12H17F.C12H18.C11H17N.C9H16N2.C9H15NO/c1-7(2)9-5-10(13)12(8(3)4)11(14)6-9;1-7(2)9-5-6-10(8(3)4)12(14)11(9)13;1-8(2)10-5-6-11(9(3)4)12(13)7-10;1-9(2)11-5-7-12(8-6-11)10(3)4;1-8(2)10-5-6-11(9(3)4)12-7-10;1-7(2)9-5-6-11(10-9)8(3)4;1-6(2)8-5-9(7(3)4)11-10-8/h2*5-8H,1-4H3;5-9H,1-4H3;5-10H,1-4H3;5-9H,1-4H3;5-8H,1-4H3;5-7H,1-4H3. The van der Waals surface area contributed by atoms with Gasteiger partial charge in [-0.15, -0.1) is 0 Å². The van der Waals surface area contributed by atoms with E-state index in [4.69, 9.17) is 4.52 Å². The van der Waals surface area contributed by atoms with E-state index in [0.29, 0.717) is 70.1 Å². The average Bonchev–Trinajstić information content (AvgIpc) is 3.50. The number of pyridine rings is 1. The Kier molecular flexibility index (Phi) is 35.0. The molecule has 0 fully saturated rings. The Labute approximate surface area is 526 Å². The third-order valence-electron chi connectivity index (χ3n) is 14.8. The first-order valence-corrected chi connectivity index (χ1v) is 32.2. The lowest BCUT2D eigenvalue weighted by atomic mass is 9.96. The molecule has 0 amide bonds. The van der Waals surface area contributed by atoms with Crippen LogP contribution in [0.3, 0.4) is 0 Å². The van der Waals surface area contributed by atoms with Crippen LogP contribution in [0.2, 0.25) is 0 Å². The molecule has 0 aliphatic carbocycles. The molecule has 0 radical (unpaired) electrons. The van der Waals surface area contributed by atoms with Crippen LogP contribution in [0.1, 0.15) is 350 Å². The lowest BCUT2D eigenvalue weighted by molar-refractivity contribution is 0.363. The second kappa shape index (κ2) is 38.5. The minimum Gasteiger partial charge on any atom is -0.361 e. The molecule has 3 aromatic heterocycles. The highest BCUT2D eigenvalue weighted by molar-refractivity contribution is 5.32. The summed E-state index contributed by atoms with van der Waals surface area (Å²) in [5.74, 6) is 3.27. The first kappa shape index (κ1) is 79.1. The van der Waals surface area contributed by atoms with Gasteiger partial charge in [0.15, 0.2) is 11.6 Å². The molecular weight excluding hydrogens is 1090 g/mol. The van der Waals surface area contributed by atoms with E-state index < -0.39 is 23.3 Å². The molecule has 0 spiro atoms. The summed E-state index contributed by atoms with van der Waals surface area (Å²) in [7, 11) is 0. The summed E-state index contributed by atoms with van der Waals surface area (Å²) in [5, 5.41) is 8.39. The van der Waals surface area contributed by atoms with Crippen molar-refractivity contribution in [3.05, 3.63) is 205 Å². The maximum Gasteiger partial charge on any atom is 0.162 e. The summed E-state index contributed by atoms with van der Waals surface area (Å²) in [6, 6.07) is 29.6. The van der Waals surface area contributed by atoms with Gasteiger partial charge in [0.2, 0.25) is 0 Å². The monoisotopic (exact) mass is 1210 g/mol. The first-order valence-electron chi connectivity index (χ1n) is 32.2. The van der Waals surface area contributed by atoms with Gasteiger partial charge in [0, 0.05) is 41.7 Å². The van der Waals surface area contributed by atoms with E-state index in [2.05, 4.69) is 182 Å². The van der Waals surface area contributed by atoms with E-state index in [0.717, 1.165) is 22.6 Å². The van der Waals surface area contributed by atoms with Crippen LogP contribution in [0.25, 0.3) is 0 Å². The first-order chi connectivity index (χ1) is 40.3. The van der Waals surface area contributed by atoms with Crippen molar-refractivity contribution in [3.63, 3.8) is 0 Å². The van der Waals surface area contributed by atoms with Crippen LogP contribution in [0.15, 0.2) is 108 Å². The van der Waals surface area contributed by atoms with Gasteiger partial charge in [-0.3, -0.25) is 9.67 Å². The molecule has 0 atom stereocenters. The Morgan fingerprint density at radius 3 is 0.977 bits per heavy atom. The third kappa shape index (κ3) is 27.2. The fourth-order valence-electron chi connectivity index (χ4n) is 8.49. The SMILES string of the molecule is CC(C)c1cc(C(C)C)on1.CC(C)c1cc(F)c(C(C)C)c(F)c1.CC(C)c1ccc(C(C)C)c(F)c1.CC(C)c1ccc(C(C)C)c(F)c1F.CC(C)c1ccc(C(C)C)cc1.CC(C)c1ccc(C(C)C)nc1.CC(C)c1ccn(C(C)C)n1. The van der Waals surface area contributed by atoms with Gasteiger partial charge in [-0.1, -0.05) is 240 Å². The largest absolute Gasteiger partial charge is 0.361 e. The van der Waals surface area contributed by atoms with Gasteiger partial charge in [-0.2, -0.15) is 5.10 Å². The van der Waals surface area contributed by atoms with Crippen molar-refractivity contribution >= 4 is 0 Å². The molecule has 5 nitrogen and oxygen atoms in total. The number of hydrogen-bond donors (Lipinski definition) is 0. The number of benzene rings is 4. The molecule has 10 heteroatoms.